The zero-order valence-corrected chi connectivity index (χ0v) is 9.89. The van der Waals surface area contributed by atoms with Crippen molar-refractivity contribution >= 4 is 11.7 Å². The lowest BCUT2D eigenvalue weighted by molar-refractivity contribution is -0.386. The number of rotatable bonds is 4. The maximum Gasteiger partial charge on any atom is 0.334 e. The minimum Gasteiger partial charge on any atom is -0.479 e. The molecule has 19 heavy (non-hydrogen) atoms. The van der Waals surface area contributed by atoms with Gasteiger partial charge in [-0.15, -0.1) is 0 Å². The lowest BCUT2D eigenvalue weighted by Gasteiger charge is -2.12. The Morgan fingerprint density at radius 2 is 2.32 bits per heavy atom. The van der Waals surface area contributed by atoms with E-state index in [1.165, 1.54) is 16.8 Å². The molecule has 0 spiro atoms. The Bertz CT molecular complexity index is 567. The second-order valence-corrected chi connectivity index (χ2v) is 4.27. The van der Waals surface area contributed by atoms with E-state index in [1.54, 1.807) is 0 Å². The van der Waals surface area contributed by atoms with Gasteiger partial charge < -0.3 is 14.4 Å². The van der Waals surface area contributed by atoms with Gasteiger partial charge in [0.15, 0.2) is 6.10 Å². The van der Waals surface area contributed by atoms with Gasteiger partial charge in [-0.3, -0.25) is 14.9 Å². The van der Waals surface area contributed by atoms with Crippen LogP contribution in [0.2, 0.25) is 0 Å². The van der Waals surface area contributed by atoms with Gasteiger partial charge in [-0.05, 0) is 18.9 Å². The van der Waals surface area contributed by atoms with E-state index >= 15 is 0 Å². The first-order chi connectivity index (χ1) is 8.99. The molecule has 2 unspecified atom stereocenters. The van der Waals surface area contributed by atoms with E-state index in [2.05, 4.69) is 0 Å². The summed E-state index contributed by atoms with van der Waals surface area (Å²) in [6.45, 7) is 0.115. The van der Waals surface area contributed by atoms with Gasteiger partial charge in [0.2, 0.25) is 0 Å². The number of aromatic nitrogens is 1. The second kappa shape index (κ2) is 5.19. The Kier molecular flexibility index (Phi) is 3.61. The SMILES string of the molecule is O=C(O)C1CCC(Cn2cccc([N+](=O)[O-])c2=O)O1. The van der Waals surface area contributed by atoms with Crippen molar-refractivity contribution in [3.63, 3.8) is 0 Å². The van der Waals surface area contributed by atoms with Crippen LogP contribution < -0.4 is 5.56 Å². The first kappa shape index (κ1) is 13.2. The smallest absolute Gasteiger partial charge is 0.334 e. The molecule has 0 aliphatic carbocycles. The van der Waals surface area contributed by atoms with Crippen LogP contribution in [-0.2, 0) is 16.1 Å². The molecule has 8 nitrogen and oxygen atoms in total. The average molecular weight is 268 g/mol. The summed E-state index contributed by atoms with van der Waals surface area (Å²) in [6.07, 6.45) is 1.03. The van der Waals surface area contributed by atoms with Crippen molar-refractivity contribution in [2.45, 2.75) is 31.6 Å². The molecule has 1 fully saturated rings. The maximum absolute atomic E-state index is 11.8. The molecule has 8 heteroatoms. The molecule has 1 aliphatic heterocycles. The normalized spacial score (nSPS) is 22.3. The number of pyridine rings is 1. The second-order valence-electron chi connectivity index (χ2n) is 4.27. The van der Waals surface area contributed by atoms with Crippen molar-refractivity contribution in [1.29, 1.82) is 0 Å². The van der Waals surface area contributed by atoms with Gasteiger partial charge >= 0.3 is 17.2 Å². The van der Waals surface area contributed by atoms with Gasteiger partial charge in [-0.1, -0.05) is 0 Å². The van der Waals surface area contributed by atoms with Crippen LogP contribution in [-0.4, -0.2) is 32.8 Å². The third-order valence-corrected chi connectivity index (χ3v) is 2.98. The summed E-state index contributed by atoms with van der Waals surface area (Å²) in [6, 6.07) is 2.54. The van der Waals surface area contributed by atoms with E-state index in [9.17, 15) is 19.7 Å². The number of carbonyl (C=O) groups is 1. The lowest BCUT2D eigenvalue weighted by Crippen LogP contribution is -2.28. The van der Waals surface area contributed by atoms with E-state index < -0.39 is 34.3 Å². The summed E-state index contributed by atoms with van der Waals surface area (Å²) in [5.74, 6) is -1.03. The highest BCUT2D eigenvalue weighted by atomic mass is 16.6. The molecule has 0 bridgehead atoms. The lowest BCUT2D eigenvalue weighted by atomic mass is 10.2. The van der Waals surface area contributed by atoms with Crippen LogP contribution in [0.5, 0.6) is 0 Å². The third kappa shape index (κ3) is 2.79. The molecular weight excluding hydrogens is 256 g/mol. The Balaban J connectivity index is 2.13. The fourth-order valence-electron chi connectivity index (χ4n) is 2.05. The highest BCUT2D eigenvalue weighted by molar-refractivity contribution is 5.72. The number of ether oxygens (including phenoxy) is 1. The van der Waals surface area contributed by atoms with Crippen LogP contribution >= 0.6 is 0 Å². The van der Waals surface area contributed by atoms with Gasteiger partial charge in [0.1, 0.15) is 0 Å². The van der Waals surface area contributed by atoms with Crippen LogP contribution in [0.4, 0.5) is 5.69 Å². The third-order valence-electron chi connectivity index (χ3n) is 2.98. The highest BCUT2D eigenvalue weighted by Gasteiger charge is 2.31. The number of nitro groups is 1. The van der Waals surface area contributed by atoms with Gasteiger partial charge in [0, 0.05) is 12.3 Å². The average Bonchev–Trinajstić information content (AvgIpc) is 2.80. The van der Waals surface area contributed by atoms with Crippen LogP contribution in [0, 0.1) is 10.1 Å². The monoisotopic (exact) mass is 268 g/mol. The minimum atomic E-state index is -1.03. The molecule has 1 aromatic heterocycles. The number of carboxylic acids is 1. The molecule has 2 heterocycles. The Hall–Kier alpha value is -2.22. The van der Waals surface area contributed by atoms with Gasteiger partial charge in [0.25, 0.3) is 0 Å². The van der Waals surface area contributed by atoms with E-state index in [1.807, 2.05) is 0 Å². The van der Waals surface area contributed by atoms with Crippen LogP contribution in [0.1, 0.15) is 12.8 Å². The summed E-state index contributed by atoms with van der Waals surface area (Å²) in [5.41, 5.74) is -1.22. The fourth-order valence-corrected chi connectivity index (χ4v) is 2.05. The topological polar surface area (TPSA) is 112 Å². The molecular formula is C11H12N2O6. The number of hydrogen-bond acceptors (Lipinski definition) is 5. The summed E-state index contributed by atoms with van der Waals surface area (Å²) < 4.78 is 6.43. The summed E-state index contributed by atoms with van der Waals surface area (Å²) in [7, 11) is 0. The maximum atomic E-state index is 11.8. The van der Waals surface area contributed by atoms with Crippen molar-refractivity contribution in [1.82, 2.24) is 4.57 Å². The molecule has 0 aromatic carbocycles. The van der Waals surface area contributed by atoms with Crippen LogP contribution in [0.3, 0.4) is 0 Å². The molecule has 1 aromatic rings. The first-order valence-electron chi connectivity index (χ1n) is 5.71. The summed E-state index contributed by atoms with van der Waals surface area (Å²) >= 11 is 0. The van der Waals surface area contributed by atoms with Crippen molar-refractivity contribution in [3.8, 4) is 0 Å². The van der Waals surface area contributed by atoms with Crippen molar-refractivity contribution in [2.24, 2.45) is 0 Å². The van der Waals surface area contributed by atoms with Gasteiger partial charge in [-0.2, -0.15) is 0 Å². The van der Waals surface area contributed by atoms with Crippen LogP contribution in [0.25, 0.3) is 0 Å². The predicted molar refractivity (Wildman–Crippen MR) is 62.9 cm³/mol. The summed E-state index contributed by atoms with van der Waals surface area (Å²) in [4.78, 5) is 32.4. The fraction of sp³-hybridized carbons (Fsp3) is 0.455. The van der Waals surface area contributed by atoms with Crippen molar-refractivity contribution < 1.29 is 19.6 Å². The molecule has 1 saturated heterocycles. The Labute approximate surface area is 107 Å². The molecule has 0 radical (unpaired) electrons. The summed E-state index contributed by atoms with van der Waals surface area (Å²) in [5, 5.41) is 19.4. The Morgan fingerprint density at radius 1 is 1.58 bits per heavy atom. The zero-order valence-electron chi connectivity index (χ0n) is 9.89. The number of carboxylic acid groups (broad SMARTS) is 1. The van der Waals surface area contributed by atoms with Gasteiger partial charge in [-0.25, -0.2) is 4.79 Å². The van der Waals surface area contributed by atoms with E-state index in [0.29, 0.717) is 12.8 Å². The molecule has 0 saturated carbocycles. The van der Waals surface area contributed by atoms with Crippen molar-refractivity contribution in [2.75, 3.05) is 0 Å². The van der Waals surface area contributed by atoms with Gasteiger partial charge in [0.05, 0.1) is 17.6 Å². The quantitative estimate of drug-likeness (QED) is 0.624. The van der Waals surface area contributed by atoms with E-state index in [4.69, 9.17) is 9.84 Å². The van der Waals surface area contributed by atoms with E-state index in [0.717, 1.165) is 6.07 Å². The molecule has 2 rings (SSSR count). The van der Waals surface area contributed by atoms with Crippen molar-refractivity contribution in [3.05, 3.63) is 38.8 Å². The zero-order chi connectivity index (χ0) is 14.0. The minimum absolute atomic E-state index is 0.115. The molecule has 1 aliphatic rings. The Morgan fingerprint density at radius 3 is 2.89 bits per heavy atom. The van der Waals surface area contributed by atoms with Crippen LogP contribution in [0.15, 0.2) is 23.1 Å². The molecule has 2 atom stereocenters. The molecule has 102 valence electrons. The molecule has 0 amide bonds. The first-order valence-corrected chi connectivity index (χ1v) is 5.71. The largest absolute Gasteiger partial charge is 0.479 e. The standard InChI is InChI=1S/C11H12N2O6/c14-10-8(13(17)18)2-1-5-12(10)6-7-3-4-9(19-7)11(15)16/h1-2,5,7,9H,3-4,6H2,(H,15,16). The number of aliphatic carboxylic acids is 1. The number of hydrogen-bond donors (Lipinski definition) is 1. The highest BCUT2D eigenvalue weighted by Crippen LogP contribution is 2.21. The number of nitrogens with zero attached hydrogens (tertiary/aromatic N) is 2. The van der Waals surface area contributed by atoms with E-state index in [-0.39, 0.29) is 6.54 Å². The predicted octanol–water partition coefficient (Wildman–Crippen LogP) is 0.389. The molecule has 1 N–H and O–H groups in total.